The molecule has 0 aromatic heterocycles. The fraction of sp³-hybridized carbons (Fsp3) is 0.500. The first-order valence-corrected chi connectivity index (χ1v) is 7.35. The molecule has 0 spiro atoms. The SMILES string of the molecule is O=C(O)[C@H]1CC[C@@H](C(=O)N[C@H]2c3ccccc3C[C@H]2O)C1. The number of aliphatic carboxylic acids is 1. The van der Waals surface area contributed by atoms with Crippen LogP contribution in [0.25, 0.3) is 0 Å². The van der Waals surface area contributed by atoms with E-state index in [2.05, 4.69) is 5.32 Å². The van der Waals surface area contributed by atoms with E-state index in [4.69, 9.17) is 5.11 Å². The van der Waals surface area contributed by atoms with E-state index in [9.17, 15) is 14.7 Å². The van der Waals surface area contributed by atoms with Crippen molar-refractivity contribution in [1.82, 2.24) is 5.32 Å². The Balaban J connectivity index is 1.67. The molecule has 0 radical (unpaired) electrons. The molecule has 3 N–H and O–H groups in total. The fourth-order valence-electron chi connectivity index (χ4n) is 3.46. The van der Waals surface area contributed by atoms with Crippen LogP contribution in [-0.4, -0.2) is 28.2 Å². The summed E-state index contributed by atoms with van der Waals surface area (Å²) in [4.78, 5) is 23.3. The van der Waals surface area contributed by atoms with Crippen molar-refractivity contribution < 1.29 is 19.8 Å². The van der Waals surface area contributed by atoms with Gasteiger partial charge in [-0.3, -0.25) is 9.59 Å². The highest BCUT2D eigenvalue weighted by Gasteiger charge is 2.37. The van der Waals surface area contributed by atoms with E-state index in [1.54, 1.807) is 0 Å². The molecule has 5 nitrogen and oxygen atoms in total. The Labute approximate surface area is 123 Å². The van der Waals surface area contributed by atoms with Crippen molar-refractivity contribution in [2.24, 2.45) is 11.8 Å². The summed E-state index contributed by atoms with van der Waals surface area (Å²) in [6.45, 7) is 0. The molecule has 0 heterocycles. The van der Waals surface area contributed by atoms with Crippen LogP contribution in [0.2, 0.25) is 0 Å². The third-order valence-electron chi connectivity index (χ3n) is 4.65. The number of carboxylic acids is 1. The Hall–Kier alpha value is -1.88. The zero-order valence-corrected chi connectivity index (χ0v) is 11.7. The molecule has 1 fully saturated rings. The Kier molecular flexibility index (Phi) is 3.68. The summed E-state index contributed by atoms with van der Waals surface area (Å²) in [5.74, 6) is -1.64. The molecule has 0 bridgehead atoms. The first kappa shape index (κ1) is 14.1. The molecule has 0 saturated heterocycles. The standard InChI is InChI=1S/C16H19NO4/c18-13-8-9-3-1-2-4-12(9)14(13)17-15(19)10-5-6-11(7-10)16(20)21/h1-4,10-11,13-14,18H,5-8H2,(H,17,19)(H,20,21)/t10-,11+,13-,14+/m1/s1. The van der Waals surface area contributed by atoms with Gasteiger partial charge in [0, 0.05) is 12.3 Å². The normalized spacial score (nSPS) is 30.9. The number of amides is 1. The van der Waals surface area contributed by atoms with E-state index < -0.39 is 18.0 Å². The van der Waals surface area contributed by atoms with Crippen molar-refractivity contribution in [3.05, 3.63) is 35.4 Å². The highest BCUT2D eigenvalue weighted by molar-refractivity contribution is 5.81. The van der Waals surface area contributed by atoms with Crippen LogP contribution in [-0.2, 0) is 16.0 Å². The molecule has 0 aliphatic heterocycles. The van der Waals surface area contributed by atoms with Gasteiger partial charge in [0.2, 0.25) is 5.91 Å². The molecule has 0 unspecified atom stereocenters. The van der Waals surface area contributed by atoms with Crippen LogP contribution >= 0.6 is 0 Å². The summed E-state index contributed by atoms with van der Waals surface area (Å²) in [7, 11) is 0. The van der Waals surface area contributed by atoms with Gasteiger partial charge in [0.25, 0.3) is 0 Å². The van der Waals surface area contributed by atoms with Gasteiger partial charge < -0.3 is 15.5 Å². The second-order valence-corrected chi connectivity index (χ2v) is 6.00. The average molecular weight is 289 g/mol. The van der Waals surface area contributed by atoms with Gasteiger partial charge in [-0.25, -0.2) is 0 Å². The number of nitrogens with one attached hydrogen (secondary N) is 1. The molecule has 5 heteroatoms. The van der Waals surface area contributed by atoms with E-state index in [-0.39, 0.29) is 17.9 Å². The molecule has 21 heavy (non-hydrogen) atoms. The van der Waals surface area contributed by atoms with Crippen LogP contribution in [0.3, 0.4) is 0 Å². The minimum Gasteiger partial charge on any atom is -0.481 e. The number of aliphatic hydroxyl groups is 1. The van der Waals surface area contributed by atoms with Gasteiger partial charge in [-0.2, -0.15) is 0 Å². The molecule has 2 aliphatic carbocycles. The summed E-state index contributed by atoms with van der Waals surface area (Å²) < 4.78 is 0. The zero-order chi connectivity index (χ0) is 15.0. The number of rotatable bonds is 3. The maximum Gasteiger partial charge on any atom is 0.306 e. The molecule has 2 aliphatic rings. The highest BCUT2D eigenvalue weighted by Crippen LogP contribution is 2.34. The van der Waals surface area contributed by atoms with Crippen molar-refractivity contribution in [1.29, 1.82) is 0 Å². The van der Waals surface area contributed by atoms with Crippen LogP contribution < -0.4 is 5.32 Å². The highest BCUT2D eigenvalue weighted by atomic mass is 16.4. The predicted octanol–water partition coefficient (Wildman–Crippen LogP) is 1.26. The maximum absolute atomic E-state index is 12.3. The van der Waals surface area contributed by atoms with E-state index >= 15 is 0 Å². The van der Waals surface area contributed by atoms with Gasteiger partial charge >= 0.3 is 5.97 Å². The predicted molar refractivity (Wildman–Crippen MR) is 75.5 cm³/mol. The second kappa shape index (κ2) is 5.48. The van der Waals surface area contributed by atoms with E-state index in [0.29, 0.717) is 25.7 Å². The molecule has 4 atom stereocenters. The summed E-state index contributed by atoms with van der Waals surface area (Å²) >= 11 is 0. The lowest BCUT2D eigenvalue weighted by Crippen LogP contribution is -2.37. The molecule has 112 valence electrons. The topological polar surface area (TPSA) is 86.6 Å². The van der Waals surface area contributed by atoms with Crippen molar-refractivity contribution in [3.8, 4) is 0 Å². The number of hydrogen-bond acceptors (Lipinski definition) is 3. The first-order valence-electron chi connectivity index (χ1n) is 7.35. The van der Waals surface area contributed by atoms with E-state index in [1.807, 2.05) is 24.3 Å². The molecule has 1 aromatic rings. The van der Waals surface area contributed by atoms with Gasteiger partial charge in [0.15, 0.2) is 0 Å². The number of aliphatic hydroxyl groups excluding tert-OH is 1. The molecule has 3 rings (SSSR count). The minimum absolute atomic E-state index is 0.139. The van der Waals surface area contributed by atoms with Gasteiger partial charge in [-0.15, -0.1) is 0 Å². The van der Waals surface area contributed by atoms with Crippen LogP contribution in [0.1, 0.15) is 36.4 Å². The lowest BCUT2D eigenvalue weighted by atomic mass is 10.0. The van der Waals surface area contributed by atoms with Crippen LogP contribution in [0.15, 0.2) is 24.3 Å². The third-order valence-corrected chi connectivity index (χ3v) is 4.65. The van der Waals surface area contributed by atoms with Gasteiger partial charge in [-0.1, -0.05) is 24.3 Å². The number of fused-ring (bicyclic) bond motifs is 1. The third kappa shape index (κ3) is 2.65. The molecule has 1 amide bonds. The number of benzene rings is 1. The Morgan fingerprint density at radius 3 is 2.57 bits per heavy atom. The molecule has 1 aromatic carbocycles. The smallest absolute Gasteiger partial charge is 0.306 e. The molecular weight excluding hydrogens is 270 g/mol. The lowest BCUT2D eigenvalue weighted by molar-refractivity contribution is -0.141. The Morgan fingerprint density at radius 1 is 1.14 bits per heavy atom. The van der Waals surface area contributed by atoms with Crippen molar-refractivity contribution in [3.63, 3.8) is 0 Å². The Morgan fingerprint density at radius 2 is 1.86 bits per heavy atom. The van der Waals surface area contributed by atoms with Crippen molar-refractivity contribution in [2.45, 2.75) is 37.8 Å². The second-order valence-electron chi connectivity index (χ2n) is 6.00. The first-order chi connectivity index (χ1) is 10.1. The molecule has 1 saturated carbocycles. The Bertz CT molecular complexity index is 571. The van der Waals surface area contributed by atoms with Crippen molar-refractivity contribution >= 4 is 11.9 Å². The van der Waals surface area contributed by atoms with Crippen LogP contribution in [0, 0.1) is 11.8 Å². The summed E-state index contributed by atoms with van der Waals surface area (Å²) in [6, 6.07) is 7.32. The summed E-state index contributed by atoms with van der Waals surface area (Å²) in [5, 5.41) is 22.0. The lowest BCUT2D eigenvalue weighted by Gasteiger charge is -2.20. The van der Waals surface area contributed by atoms with Gasteiger partial charge in [0.1, 0.15) is 0 Å². The number of carbonyl (C=O) groups is 2. The zero-order valence-electron chi connectivity index (χ0n) is 11.7. The van der Waals surface area contributed by atoms with Crippen LogP contribution in [0.4, 0.5) is 0 Å². The number of carboxylic acid groups (broad SMARTS) is 1. The monoisotopic (exact) mass is 289 g/mol. The van der Waals surface area contributed by atoms with Gasteiger partial charge in [0.05, 0.1) is 18.1 Å². The number of carbonyl (C=O) groups excluding carboxylic acids is 1. The maximum atomic E-state index is 12.3. The van der Waals surface area contributed by atoms with Crippen molar-refractivity contribution in [2.75, 3.05) is 0 Å². The number of hydrogen-bond donors (Lipinski definition) is 3. The largest absolute Gasteiger partial charge is 0.481 e. The van der Waals surface area contributed by atoms with Gasteiger partial charge in [-0.05, 0) is 30.4 Å². The van der Waals surface area contributed by atoms with Crippen LogP contribution in [0.5, 0.6) is 0 Å². The summed E-state index contributed by atoms with van der Waals surface area (Å²) in [5.41, 5.74) is 2.02. The summed E-state index contributed by atoms with van der Waals surface area (Å²) in [6.07, 6.45) is 1.49. The fourth-order valence-corrected chi connectivity index (χ4v) is 3.46. The van der Waals surface area contributed by atoms with E-state index in [0.717, 1.165) is 11.1 Å². The van der Waals surface area contributed by atoms with E-state index in [1.165, 1.54) is 0 Å². The quantitative estimate of drug-likeness (QED) is 0.782. The average Bonchev–Trinajstić information content (AvgIpc) is 3.05. The minimum atomic E-state index is -0.823. The molecular formula is C16H19NO4.